The lowest BCUT2D eigenvalue weighted by Crippen LogP contribution is -2.51. The van der Waals surface area contributed by atoms with Crippen molar-refractivity contribution in [2.45, 2.75) is 18.9 Å². The third kappa shape index (κ3) is 3.21. The summed E-state index contributed by atoms with van der Waals surface area (Å²) in [6, 6.07) is 3.17. The van der Waals surface area contributed by atoms with E-state index in [-0.39, 0.29) is 17.9 Å². The summed E-state index contributed by atoms with van der Waals surface area (Å²) in [6.07, 6.45) is 3.25. The molecule has 2 aliphatic heterocycles. The van der Waals surface area contributed by atoms with Crippen molar-refractivity contribution >= 4 is 17.6 Å². The van der Waals surface area contributed by atoms with Crippen LogP contribution in [0.25, 0.3) is 0 Å². The van der Waals surface area contributed by atoms with E-state index in [1.165, 1.54) is 0 Å². The van der Waals surface area contributed by atoms with Gasteiger partial charge in [0.2, 0.25) is 5.91 Å². The summed E-state index contributed by atoms with van der Waals surface area (Å²) in [5.41, 5.74) is 0.546. The average Bonchev–Trinajstić information content (AvgIpc) is 3.10. The fraction of sp³-hybridized carbons (Fsp3) is 0.588. The summed E-state index contributed by atoms with van der Waals surface area (Å²) in [5.74, 6) is 0.558. The fourth-order valence-electron chi connectivity index (χ4n) is 3.34. The van der Waals surface area contributed by atoms with Crippen molar-refractivity contribution in [3.05, 3.63) is 23.9 Å². The highest BCUT2D eigenvalue weighted by molar-refractivity contribution is 6.01. The topological polar surface area (TPSA) is 66.0 Å². The van der Waals surface area contributed by atoms with Crippen LogP contribution in [0.1, 0.15) is 23.2 Å². The number of hydrogen-bond donors (Lipinski definition) is 0. The molecule has 0 aromatic carbocycles. The predicted molar refractivity (Wildman–Crippen MR) is 90.0 cm³/mol. The lowest BCUT2D eigenvalue weighted by molar-refractivity contribution is -0.139. The number of nitrogens with zero attached hydrogens (tertiary/aromatic N) is 4. The van der Waals surface area contributed by atoms with Crippen LogP contribution in [-0.4, -0.2) is 79.6 Å². The highest BCUT2D eigenvalue weighted by atomic mass is 16.5. The number of hydrogen-bond acceptors (Lipinski definition) is 5. The number of aromatic nitrogens is 1. The standard InChI is InChI=1S/C17H24N4O3/c1-19(2)15-13(5-3-7-18-15)16(22)21-8-4-6-14(21)17(23)20-9-11-24-12-10-20/h3,5,7,14H,4,6,8-12H2,1-2H3/t14-/m0/s1. The van der Waals surface area contributed by atoms with Crippen molar-refractivity contribution in [2.24, 2.45) is 0 Å². The summed E-state index contributed by atoms with van der Waals surface area (Å²) in [6.45, 7) is 2.96. The highest BCUT2D eigenvalue weighted by Crippen LogP contribution is 2.25. The summed E-state index contributed by atoms with van der Waals surface area (Å²) in [5, 5.41) is 0. The molecule has 0 saturated carbocycles. The van der Waals surface area contributed by atoms with Gasteiger partial charge in [-0.05, 0) is 25.0 Å². The van der Waals surface area contributed by atoms with Gasteiger partial charge in [-0.25, -0.2) is 4.98 Å². The second-order valence-electron chi connectivity index (χ2n) is 6.36. The second kappa shape index (κ2) is 7.17. The molecule has 2 amide bonds. The van der Waals surface area contributed by atoms with Crippen LogP contribution in [0.2, 0.25) is 0 Å². The van der Waals surface area contributed by atoms with Gasteiger partial charge in [0.1, 0.15) is 11.9 Å². The molecule has 7 nitrogen and oxygen atoms in total. The Hall–Kier alpha value is -2.15. The molecule has 3 rings (SSSR count). The molecule has 1 atom stereocenters. The first-order chi connectivity index (χ1) is 11.6. The molecule has 0 unspecified atom stereocenters. The number of rotatable bonds is 3. The largest absolute Gasteiger partial charge is 0.378 e. The highest BCUT2D eigenvalue weighted by Gasteiger charge is 2.38. The van der Waals surface area contributed by atoms with E-state index in [2.05, 4.69) is 4.98 Å². The predicted octanol–water partition coefficient (Wildman–Crippen LogP) is 0.611. The zero-order valence-corrected chi connectivity index (χ0v) is 14.3. The van der Waals surface area contributed by atoms with E-state index in [1.807, 2.05) is 23.9 Å². The van der Waals surface area contributed by atoms with Gasteiger partial charge in [-0.15, -0.1) is 0 Å². The second-order valence-corrected chi connectivity index (χ2v) is 6.36. The number of carbonyl (C=O) groups excluding carboxylic acids is 2. The molecule has 7 heteroatoms. The van der Waals surface area contributed by atoms with Crippen LogP contribution >= 0.6 is 0 Å². The minimum absolute atomic E-state index is 0.0412. The Kier molecular flexibility index (Phi) is 4.99. The van der Waals surface area contributed by atoms with Gasteiger partial charge in [-0.2, -0.15) is 0 Å². The number of likely N-dealkylation sites (tertiary alicyclic amines) is 1. The summed E-state index contributed by atoms with van der Waals surface area (Å²) < 4.78 is 5.31. The van der Waals surface area contributed by atoms with Crippen LogP contribution in [0.5, 0.6) is 0 Å². The van der Waals surface area contributed by atoms with Crippen LogP contribution in [-0.2, 0) is 9.53 Å². The monoisotopic (exact) mass is 332 g/mol. The number of pyridine rings is 1. The molecule has 0 radical (unpaired) electrons. The molecule has 24 heavy (non-hydrogen) atoms. The third-order valence-corrected chi connectivity index (χ3v) is 4.56. The maximum Gasteiger partial charge on any atom is 0.258 e. The van der Waals surface area contributed by atoms with Gasteiger partial charge in [0.05, 0.1) is 18.8 Å². The van der Waals surface area contributed by atoms with Crippen molar-refractivity contribution in [3.8, 4) is 0 Å². The minimum Gasteiger partial charge on any atom is -0.378 e. The van der Waals surface area contributed by atoms with Crippen LogP contribution in [0.4, 0.5) is 5.82 Å². The van der Waals surface area contributed by atoms with Crippen LogP contribution in [0, 0.1) is 0 Å². The number of anilines is 1. The first-order valence-corrected chi connectivity index (χ1v) is 8.39. The van der Waals surface area contributed by atoms with E-state index in [1.54, 1.807) is 23.2 Å². The Morgan fingerprint density at radius 2 is 2.00 bits per heavy atom. The average molecular weight is 332 g/mol. The quantitative estimate of drug-likeness (QED) is 0.811. The number of ether oxygens (including phenoxy) is 1. The van der Waals surface area contributed by atoms with Gasteiger partial charge in [0, 0.05) is 39.9 Å². The zero-order chi connectivity index (χ0) is 17.1. The molecule has 1 aromatic rings. The zero-order valence-electron chi connectivity index (χ0n) is 14.3. The van der Waals surface area contributed by atoms with E-state index in [0.29, 0.717) is 44.2 Å². The third-order valence-electron chi connectivity index (χ3n) is 4.56. The van der Waals surface area contributed by atoms with Gasteiger partial charge in [-0.3, -0.25) is 9.59 Å². The van der Waals surface area contributed by atoms with E-state index in [9.17, 15) is 9.59 Å². The SMILES string of the molecule is CN(C)c1ncccc1C(=O)N1CCC[C@H]1C(=O)N1CCOCC1. The molecule has 0 spiro atoms. The van der Waals surface area contributed by atoms with E-state index >= 15 is 0 Å². The molecule has 0 bridgehead atoms. The number of amides is 2. The van der Waals surface area contributed by atoms with Crippen LogP contribution in [0.3, 0.4) is 0 Å². The van der Waals surface area contributed by atoms with Crippen LogP contribution in [0.15, 0.2) is 18.3 Å². The van der Waals surface area contributed by atoms with E-state index in [4.69, 9.17) is 4.74 Å². The molecule has 130 valence electrons. The smallest absolute Gasteiger partial charge is 0.258 e. The van der Waals surface area contributed by atoms with E-state index in [0.717, 1.165) is 12.8 Å². The molecule has 1 aromatic heterocycles. The van der Waals surface area contributed by atoms with Crippen molar-refractivity contribution in [3.63, 3.8) is 0 Å². The lowest BCUT2D eigenvalue weighted by Gasteiger charge is -2.32. The lowest BCUT2D eigenvalue weighted by atomic mass is 10.1. The Balaban J connectivity index is 1.80. The molecule has 2 saturated heterocycles. The maximum absolute atomic E-state index is 13.0. The fourth-order valence-corrected chi connectivity index (χ4v) is 3.34. The minimum atomic E-state index is -0.370. The van der Waals surface area contributed by atoms with Gasteiger partial charge < -0.3 is 19.4 Å². The van der Waals surface area contributed by atoms with Crippen molar-refractivity contribution in [1.29, 1.82) is 0 Å². The molecular formula is C17H24N4O3. The van der Waals surface area contributed by atoms with Gasteiger partial charge >= 0.3 is 0 Å². The molecule has 0 aliphatic carbocycles. The van der Waals surface area contributed by atoms with Crippen molar-refractivity contribution in [1.82, 2.24) is 14.8 Å². The summed E-state index contributed by atoms with van der Waals surface area (Å²) in [7, 11) is 3.72. The van der Waals surface area contributed by atoms with Crippen LogP contribution < -0.4 is 4.90 Å². The number of carbonyl (C=O) groups is 2. The summed E-state index contributed by atoms with van der Waals surface area (Å²) in [4.78, 5) is 35.5. The molecule has 2 fully saturated rings. The molecule has 0 N–H and O–H groups in total. The Bertz CT molecular complexity index is 614. The summed E-state index contributed by atoms with van der Waals surface area (Å²) >= 11 is 0. The normalized spacial score (nSPS) is 21.0. The maximum atomic E-state index is 13.0. The number of morpholine rings is 1. The Labute approximate surface area is 142 Å². The van der Waals surface area contributed by atoms with Crippen molar-refractivity contribution in [2.75, 3.05) is 51.8 Å². The van der Waals surface area contributed by atoms with Crippen molar-refractivity contribution < 1.29 is 14.3 Å². The molecule has 2 aliphatic rings. The van der Waals surface area contributed by atoms with Gasteiger partial charge in [-0.1, -0.05) is 0 Å². The first kappa shape index (κ1) is 16.7. The van der Waals surface area contributed by atoms with Gasteiger partial charge in [0.15, 0.2) is 0 Å². The Morgan fingerprint density at radius 1 is 1.25 bits per heavy atom. The molecular weight excluding hydrogens is 308 g/mol. The molecule has 3 heterocycles. The first-order valence-electron chi connectivity index (χ1n) is 8.39. The van der Waals surface area contributed by atoms with E-state index < -0.39 is 0 Å². The van der Waals surface area contributed by atoms with Gasteiger partial charge in [0.25, 0.3) is 5.91 Å². The Morgan fingerprint density at radius 3 is 2.71 bits per heavy atom.